The maximum absolute atomic E-state index is 6.19. The molecule has 0 saturated carbocycles. The summed E-state index contributed by atoms with van der Waals surface area (Å²) < 4.78 is 2.00. The molecule has 5 heteroatoms. The summed E-state index contributed by atoms with van der Waals surface area (Å²) in [6, 6.07) is 6.58. The maximum Gasteiger partial charge on any atom is 0.199 e. The van der Waals surface area contributed by atoms with Crippen molar-refractivity contribution in [3.63, 3.8) is 0 Å². The van der Waals surface area contributed by atoms with Gasteiger partial charge in [0.1, 0.15) is 0 Å². The number of aryl methyl sites for hydroxylation is 4. The number of nitrogens with zero attached hydrogens (tertiary/aromatic N) is 4. The third-order valence-corrected chi connectivity index (χ3v) is 4.58. The molecule has 0 aliphatic heterocycles. The van der Waals surface area contributed by atoms with Crippen LogP contribution in [0.1, 0.15) is 28.9 Å². The van der Waals surface area contributed by atoms with Crippen LogP contribution < -0.4 is 0 Å². The zero-order chi connectivity index (χ0) is 14.6. The number of hydrogen-bond acceptors (Lipinski definition) is 3. The number of fused-ring (bicyclic) bond motifs is 2. The lowest BCUT2D eigenvalue weighted by molar-refractivity contribution is 0.911. The highest BCUT2D eigenvalue weighted by Crippen LogP contribution is 2.29. The van der Waals surface area contributed by atoms with E-state index < -0.39 is 0 Å². The van der Waals surface area contributed by atoms with Crippen molar-refractivity contribution in [2.24, 2.45) is 0 Å². The fraction of sp³-hybridized carbons (Fsp3) is 0.312. The molecule has 1 aliphatic carbocycles. The molecule has 0 N–H and O–H groups in total. The number of hydrogen-bond donors (Lipinski definition) is 0. The molecule has 0 unspecified atom stereocenters. The topological polar surface area (TPSA) is 43.1 Å². The Morgan fingerprint density at radius 3 is 2.76 bits per heavy atom. The molecule has 21 heavy (non-hydrogen) atoms. The summed E-state index contributed by atoms with van der Waals surface area (Å²) in [5.74, 6) is 0.838. The maximum atomic E-state index is 6.19. The second-order valence-corrected chi connectivity index (χ2v) is 5.95. The van der Waals surface area contributed by atoms with Gasteiger partial charge in [-0.25, -0.2) is 4.98 Å². The molecule has 3 aromatic rings. The minimum absolute atomic E-state index is 0.401. The zero-order valence-electron chi connectivity index (χ0n) is 12.0. The Morgan fingerprint density at radius 2 is 1.90 bits per heavy atom. The predicted molar refractivity (Wildman–Crippen MR) is 82.7 cm³/mol. The van der Waals surface area contributed by atoms with Crippen molar-refractivity contribution in [2.75, 3.05) is 0 Å². The van der Waals surface area contributed by atoms with E-state index in [-0.39, 0.29) is 0 Å². The minimum Gasteiger partial charge on any atom is -0.275 e. The van der Waals surface area contributed by atoms with Gasteiger partial charge in [0.25, 0.3) is 0 Å². The molecule has 0 fully saturated rings. The molecule has 0 radical (unpaired) electrons. The summed E-state index contributed by atoms with van der Waals surface area (Å²) in [6.07, 6.45) is 3.58. The average molecular weight is 299 g/mol. The van der Waals surface area contributed by atoms with E-state index >= 15 is 0 Å². The summed E-state index contributed by atoms with van der Waals surface area (Å²) in [6.45, 7) is 3.97. The van der Waals surface area contributed by atoms with Crippen LogP contribution in [-0.4, -0.2) is 19.6 Å². The molecular formula is C16H15ClN4. The van der Waals surface area contributed by atoms with Crippen molar-refractivity contribution in [3.8, 4) is 11.4 Å². The van der Waals surface area contributed by atoms with Gasteiger partial charge in [-0.3, -0.25) is 4.40 Å². The lowest BCUT2D eigenvalue weighted by Gasteiger charge is -2.08. The van der Waals surface area contributed by atoms with E-state index in [0.717, 1.165) is 29.2 Å². The summed E-state index contributed by atoms with van der Waals surface area (Å²) in [5, 5.41) is 8.95. The van der Waals surface area contributed by atoms with Crippen molar-refractivity contribution in [2.45, 2.75) is 33.1 Å². The summed E-state index contributed by atoms with van der Waals surface area (Å²) in [4.78, 5) is 4.31. The van der Waals surface area contributed by atoms with Gasteiger partial charge in [0, 0.05) is 11.3 Å². The van der Waals surface area contributed by atoms with E-state index in [4.69, 9.17) is 11.6 Å². The monoisotopic (exact) mass is 298 g/mol. The molecule has 0 atom stereocenters. The van der Waals surface area contributed by atoms with Gasteiger partial charge in [0.05, 0.1) is 5.69 Å². The standard InChI is InChI=1S/C16H15ClN4/c1-9-10(2)21-15(19-20-16(21)14(17)18-9)13-7-6-11-4-3-5-12(11)8-13/h6-8H,3-5H2,1-2H3. The third kappa shape index (κ3) is 1.86. The van der Waals surface area contributed by atoms with Gasteiger partial charge in [-0.1, -0.05) is 23.7 Å². The lowest BCUT2D eigenvalue weighted by atomic mass is 10.1. The smallest absolute Gasteiger partial charge is 0.199 e. The van der Waals surface area contributed by atoms with Crippen LogP contribution in [0.4, 0.5) is 0 Å². The van der Waals surface area contributed by atoms with E-state index in [1.54, 1.807) is 0 Å². The molecule has 0 amide bonds. The van der Waals surface area contributed by atoms with Gasteiger partial charge in [0.2, 0.25) is 0 Å². The quantitative estimate of drug-likeness (QED) is 0.690. The van der Waals surface area contributed by atoms with Crippen LogP contribution in [0.15, 0.2) is 18.2 Å². The third-order valence-electron chi connectivity index (χ3n) is 4.33. The summed E-state index contributed by atoms with van der Waals surface area (Å²) in [7, 11) is 0. The van der Waals surface area contributed by atoms with Crippen molar-refractivity contribution in [1.29, 1.82) is 0 Å². The Kier molecular flexibility index (Phi) is 2.76. The van der Waals surface area contributed by atoms with Crippen molar-refractivity contribution < 1.29 is 0 Å². The fourth-order valence-electron chi connectivity index (χ4n) is 3.07. The van der Waals surface area contributed by atoms with E-state index in [2.05, 4.69) is 33.4 Å². The highest BCUT2D eigenvalue weighted by Gasteiger charge is 2.17. The first-order chi connectivity index (χ1) is 10.1. The van der Waals surface area contributed by atoms with Crippen LogP contribution in [0.2, 0.25) is 5.15 Å². The highest BCUT2D eigenvalue weighted by atomic mass is 35.5. The van der Waals surface area contributed by atoms with Crippen LogP contribution in [0.3, 0.4) is 0 Å². The molecule has 0 saturated heterocycles. The van der Waals surface area contributed by atoms with Crippen LogP contribution in [0, 0.1) is 13.8 Å². The Hall–Kier alpha value is -1.94. The molecule has 0 bridgehead atoms. The molecule has 4 nitrogen and oxygen atoms in total. The molecule has 2 aromatic heterocycles. The van der Waals surface area contributed by atoms with E-state index in [1.807, 2.05) is 18.2 Å². The minimum atomic E-state index is 0.401. The molecule has 4 rings (SSSR count). The fourth-order valence-corrected chi connectivity index (χ4v) is 3.32. The van der Waals surface area contributed by atoms with Gasteiger partial charge in [0.15, 0.2) is 16.6 Å². The molecule has 2 heterocycles. The first kappa shape index (κ1) is 12.8. The second kappa shape index (κ2) is 4.53. The van der Waals surface area contributed by atoms with E-state index in [0.29, 0.717) is 10.8 Å². The van der Waals surface area contributed by atoms with Crippen LogP contribution in [0.5, 0.6) is 0 Å². The summed E-state index contributed by atoms with van der Waals surface area (Å²) in [5.41, 5.74) is 6.52. The van der Waals surface area contributed by atoms with E-state index in [1.165, 1.54) is 24.0 Å². The van der Waals surface area contributed by atoms with Gasteiger partial charge in [-0.2, -0.15) is 0 Å². The second-order valence-electron chi connectivity index (χ2n) is 5.59. The molecule has 1 aliphatic rings. The van der Waals surface area contributed by atoms with Crippen LogP contribution >= 0.6 is 11.6 Å². The Balaban J connectivity index is 1.99. The largest absolute Gasteiger partial charge is 0.275 e. The number of aromatic nitrogens is 4. The highest BCUT2D eigenvalue weighted by molar-refractivity contribution is 6.32. The van der Waals surface area contributed by atoms with Gasteiger partial charge < -0.3 is 0 Å². The SMILES string of the molecule is Cc1nc(Cl)c2nnc(-c3ccc4c(c3)CCC4)n2c1C. The molecule has 106 valence electrons. The Morgan fingerprint density at radius 1 is 1.10 bits per heavy atom. The van der Waals surface area contributed by atoms with E-state index in [9.17, 15) is 0 Å². The van der Waals surface area contributed by atoms with Crippen LogP contribution in [-0.2, 0) is 12.8 Å². The number of benzene rings is 1. The Bertz CT molecular complexity index is 866. The van der Waals surface area contributed by atoms with Gasteiger partial charge in [-0.15, -0.1) is 10.2 Å². The van der Waals surface area contributed by atoms with Crippen molar-refractivity contribution in [3.05, 3.63) is 45.9 Å². The van der Waals surface area contributed by atoms with Crippen LogP contribution in [0.25, 0.3) is 17.0 Å². The van der Waals surface area contributed by atoms with Gasteiger partial charge >= 0.3 is 0 Å². The molecule has 0 spiro atoms. The normalized spacial score (nSPS) is 13.9. The lowest BCUT2D eigenvalue weighted by Crippen LogP contribution is -2.01. The number of rotatable bonds is 1. The predicted octanol–water partition coefficient (Wildman–Crippen LogP) is 3.55. The Labute approximate surface area is 127 Å². The zero-order valence-corrected chi connectivity index (χ0v) is 12.8. The molecule has 1 aromatic carbocycles. The average Bonchev–Trinajstić information content (AvgIpc) is 3.10. The summed E-state index contributed by atoms with van der Waals surface area (Å²) >= 11 is 6.19. The first-order valence-corrected chi connectivity index (χ1v) is 7.53. The van der Waals surface area contributed by atoms with Crippen molar-refractivity contribution >= 4 is 17.2 Å². The number of halogens is 1. The molecular weight excluding hydrogens is 284 g/mol. The van der Waals surface area contributed by atoms with Gasteiger partial charge in [-0.05, 0) is 50.3 Å². The van der Waals surface area contributed by atoms with Crippen molar-refractivity contribution in [1.82, 2.24) is 19.6 Å². The first-order valence-electron chi connectivity index (χ1n) is 7.15.